The van der Waals surface area contributed by atoms with Crippen molar-refractivity contribution in [2.75, 3.05) is 0 Å². The number of rotatable bonds is 1. The lowest BCUT2D eigenvalue weighted by atomic mass is 10.5. The molecule has 0 bridgehead atoms. The van der Waals surface area contributed by atoms with E-state index in [9.17, 15) is 14.4 Å². The summed E-state index contributed by atoms with van der Waals surface area (Å²) in [6.07, 6.45) is -1.10. The quantitative estimate of drug-likeness (QED) is 0.376. The molecule has 7 heteroatoms. The largest absolute Gasteiger partial charge is 0.352 e. The highest BCUT2D eigenvalue weighted by Gasteiger charge is 2.32. The molecule has 59 valence electrons. The van der Waals surface area contributed by atoms with E-state index in [-0.39, 0.29) is 0 Å². The van der Waals surface area contributed by atoms with Crippen LogP contribution in [0.4, 0.5) is 9.59 Å². The first-order valence-corrected chi connectivity index (χ1v) is 2.71. The Hall–Kier alpha value is -1.79. The second-order valence-electron chi connectivity index (χ2n) is 1.84. The smallest absolute Gasteiger partial charge is 0.346 e. The Morgan fingerprint density at radius 3 is 2.64 bits per heavy atom. The Bertz CT molecular complexity index is 225. The van der Waals surface area contributed by atoms with Gasteiger partial charge in [-0.15, -0.1) is 0 Å². The Morgan fingerprint density at radius 1 is 1.64 bits per heavy atom. The Kier molecular flexibility index (Phi) is 1.63. The van der Waals surface area contributed by atoms with E-state index < -0.39 is 24.1 Å². The molecule has 5 amide bonds. The predicted molar refractivity (Wildman–Crippen MR) is 32.2 cm³/mol. The summed E-state index contributed by atoms with van der Waals surface area (Å²) < 4.78 is 0. The van der Waals surface area contributed by atoms with Gasteiger partial charge in [-0.1, -0.05) is 0 Å². The van der Waals surface area contributed by atoms with Crippen LogP contribution in [0.5, 0.6) is 0 Å². The molecule has 1 radical (unpaired) electrons. The summed E-state index contributed by atoms with van der Waals surface area (Å²) >= 11 is 0. The van der Waals surface area contributed by atoms with Crippen LogP contribution in [0.15, 0.2) is 0 Å². The molecule has 1 unspecified atom stereocenters. The normalized spacial score (nSPS) is 22.4. The van der Waals surface area contributed by atoms with E-state index in [0.29, 0.717) is 0 Å². The van der Waals surface area contributed by atoms with Gasteiger partial charge in [-0.05, 0) is 0 Å². The molecule has 7 nitrogen and oxygen atoms in total. The zero-order valence-corrected chi connectivity index (χ0v) is 5.33. The molecule has 0 spiro atoms. The van der Waals surface area contributed by atoms with Gasteiger partial charge in [0, 0.05) is 0 Å². The fourth-order valence-electron chi connectivity index (χ4n) is 0.622. The van der Waals surface area contributed by atoms with Crippen molar-refractivity contribution in [3.05, 3.63) is 0 Å². The molecule has 1 saturated heterocycles. The molecule has 0 aliphatic carbocycles. The van der Waals surface area contributed by atoms with Crippen molar-refractivity contribution in [3.8, 4) is 0 Å². The zero-order chi connectivity index (χ0) is 8.43. The molecule has 1 heterocycles. The third-order valence-electron chi connectivity index (χ3n) is 1.01. The second kappa shape index (κ2) is 2.45. The van der Waals surface area contributed by atoms with Crippen LogP contribution in [0.3, 0.4) is 0 Å². The van der Waals surface area contributed by atoms with Gasteiger partial charge in [-0.3, -0.25) is 4.79 Å². The number of hydrogen-bond donors (Lipinski definition) is 3. The number of amides is 5. The van der Waals surface area contributed by atoms with Crippen LogP contribution in [-0.4, -0.2) is 24.1 Å². The fourth-order valence-corrected chi connectivity index (χ4v) is 0.622. The topological polar surface area (TPSA) is 115 Å². The number of nitrogens with one attached hydrogen (secondary N) is 2. The van der Waals surface area contributed by atoms with Crippen molar-refractivity contribution >= 4 is 18.0 Å². The summed E-state index contributed by atoms with van der Waals surface area (Å²) in [7, 11) is 0. The van der Waals surface area contributed by atoms with Crippen molar-refractivity contribution in [1.29, 1.82) is 0 Å². The number of carbonyl (C=O) groups excluding carboxylic acids is 3. The minimum Gasteiger partial charge on any atom is -0.352 e. The summed E-state index contributed by atoms with van der Waals surface area (Å²) in [5, 5.41) is 7.02. The molecular formula is C4H5N4O3. The van der Waals surface area contributed by atoms with Crippen LogP contribution in [-0.2, 0) is 4.79 Å². The molecule has 0 aromatic carbocycles. The standard InChI is InChI=1S/C4H5N4O3/c5-3(10)6-1-2(9)8-4(11)7-1/h1H,(H,7,11)(H3,5,6,10). The summed E-state index contributed by atoms with van der Waals surface area (Å²) in [5.41, 5.74) is 4.68. The number of nitrogens with zero attached hydrogens (tertiary/aromatic N) is 1. The summed E-state index contributed by atoms with van der Waals surface area (Å²) in [5.74, 6) is -0.742. The molecule has 0 saturated carbocycles. The lowest BCUT2D eigenvalue weighted by molar-refractivity contribution is -0.120. The summed E-state index contributed by atoms with van der Waals surface area (Å²) in [6, 6.07) is -1.66. The van der Waals surface area contributed by atoms with E-state index in [1.165, 1.54) is 0 Å². The number of nitrogens with two attached hydrogens (primary N) is 1. The van der Waals surface area contributed by atoms with Crippen LogP contribution < -0.4 is 21.7 Å². The van der Waals surface area contributed by atoms with Crippen LogP contribution in [0.1, 0.15) is 0 Å². The molecule has 1 rings (SSSR count). The molecule has 1 fully saturated rings. The predicted octanol–water partition coefficient (Wildman–Crippen LogP) is -2.17. The number of carbonyl (C=O) groups is 3. The monoisotopic (exact) mass is 157 g/mol. The van der Waals surface area contributed by atoms with Crippen LogP contribution in [0, 0.1) is 0 Å². The molecule has 4 N–H and O–H groups in total. The molecule has 1 aliphatic rings. The number of hydrogen-bond acceptors (Lipinski definition) is 3. The summed E-state index contributed by atoms with van der Waals surface area (Å²) in [4.78, 5) is 31.1. The highest BCUT2D eigenvalue weighted by Crippen LogP contribution is 1.89. The fraction of sp³-hybridized carbons (Fsp3) is 0.250. The van der Waals surface area contributed by atoms with Crippen molar-refractivity contribution < 1.29 is 14.4 Å². The first-order chi connectivity index (χ1) is 5.09. The lowest BCUT2D eigenvalue weighted by Gasteiger charge is -2.04. The average Bonchev–Trinajstić information content (AvgIpc) is 2.09. The van der Waals surface area contributed by atoms with Crippen molar-refractivity contribution in [2.24, 2.45) is 5.73 Å². The van der Waals surface area contributed by atoms with Crippen molar-refractivity contribution in [3.63, 3.8) is 0 Å². The Balaban J connectivity index is 2.53. The first kappa shape index (κ1) is 7.32. The van der Waals surface area contributed by atoms with Gasteiger partial charge in [-0.25, -0.2) is 9.59 Å². The van der Waals surface area contributed by atoms with Gasteiger partial charge in [0.25, 0.3) is 5.91 Å². The minimum absolute atomic E-state index is 0.742. The van der Waals surface area contributed by atoms with Gasteiger partial charge in [0.05, 0.1) is 0 Å². The minimum atomic E-state index is -1.10. The van der Waals surface area contributed by atoms with E-state index in [1.807, 2.05) is 5.32 Å². The van der Waals surface area contributed by atoms with Crippen molar-refractivity contribution in [2.45, 2.75) is 6.17 Å². The number of primary amides is 1. The molecule has 1 aliphatic heterocycles. The third-order valence-corrected chi connectivity index (χ3v) is 1.01. The molecule has 0 aromatic heterocycles. The van der Waals surface area contributed by atoms with Crippen LogP contribution in [0.25, 0.3) is 0 Å². The second-order valence-corrected chi connectivity index (χ2v) is 1.84. The molecule has 11 heavy (non-hydrogen) atoms. The first-order valence-electron chi connectivity index (χ1n) is 2.71. The van der Waals surface area contributed by atoms with Crippen LogP contribution >= 0.6 is 0 Å². The van der Waals surface area contributed by atoms with E-state index >= 15 is 0 Å². The maximum absolute atomic E-state index is 10.6. The average molecular weight is 157 g/mol. The third kappa shape index (κ3) is 1.57. The van der Waals surface area contributed by atoms with Gasteiger partial charge in [0.15, 0.2) is 6.17 Å². The lowest BCUT2D eigenvalue weighted by Crippen LogP contribution is -2.48. The highest BCUT2D eigenvalue weighted by molar-refractivity contribution is 6.04. The van der Waals surface area contributed by atoms with E-state index in [0.717, 1.165) is 0 Å². The van der Waals surface area contributed by atoms with Crippen LogP contribution in [0.2, 0.25) is 0 Å². The maximum atomic E-state index is 10.6. The van der Waals surface area contributed by atoms with E-state index in [4.69, 9.17) is 0 Å². The van der Waals surface area contributed by atoms with Gasteiger partial charge in [0.1, 0.15) is 0 Å². The number of urea groups is 2. The molecule has 1 atom stereocenters. The van der Waals surface area contributed by atoms with E-state index in [1.54, 1.807) is 0 Å². The number of imide groups is 1. The van der Waals surface area contributed by atoms with E-state index in [2.05, 4.69) is 16.4 Å². The highest BCUT2D eigenvalue weighted by atomic mass is 16.2. The Morgan fingerprint density at radius 2 is 2.27 bits per heavy atom. The summed E-state index contributed by atoms with van der Waals surface area (Å²) in [6.45, 7) is 0. The molecular weight excluding hydrogens is 152 g/mol. The van der Waals surface area contributed by atoms with Gasteiger partial charge < -0.3 is 16.4 Å². The SMILES string of the molecule is NC(=O)NC1NC(=O)[N]C1=O. The van der Waals surface area contributed by atoms with Gasteiger partial charge in [-0.2, -0.15) is 5.32 Å². The zero-order valence-electron chi connectivity index (χ0n) is 5.33. The van der Waals surface area contributed by atoms with Crippen molar-refractivity contribution in [1.82, 2.24) is 16.0 Å². The Labute approximate surface area is 61.3 Å². The maximum Gasteiger partial charge on any atom is 0.346 e. The van der Waals surface area contributed by atoms with Gasteiger partial charge in [0.2, 0.25) is 0 Å². The molecule has 0 aromatic rings. The van der Waals surface area contributed by atoms with Gasteiger partial charge >= 0.3 is 12.1 Å².